The number of aromatic carboxylic acids is 1. The van der Waals surface area contributed by atoms with Crippen LogP contribution >= 0.6 is 0 Å². The van der Waals surface area contributed by atoms with Gasteiger partial charge in [0.1, 0.15) is 11.6 Å². The zero-order chi connectivity index (χ0) is 14.1. The van der Waals surface area contributed by atoms with E-state index in [2.05, 4.69) is 15.1 Å². The van der Waals surface area contributed by atoms with Crippen molar-refractivity contribution in [1.82, 2.24) is 15.1 Å². The van der Waals surface area contributed by atoms with Crippen LogP contribution in [0.5, 0.6) is 0 Å². The summed E-state index contributed by atoms with van der Waals surface area (Å²) < 4.78 is 4.95. The topological polar surface area (TPSA) is 109 Å². The summed E-state index contributed by atoms with van der Waals surface area (Å²) in [6, 6.07) is 5.86. The maximum atomic E-state index is 11.9. The van der Waals surface area contributed by atoms with Crippen LogP contribution in [-0.4, -0.2) is 26.2 Å². The summed E-state index contributed by atoms with van der Waals surface area (Å²) in [6.45, 7) is 0. The van der Waals surface area contributed by atoms with Gasteiger partial charge in [-0.2, -0.15) is 0 Å². The molecular formula is C13H9N3O4. The lowest BCUT2D eigenvalue weighted by Gasteiger charge is -2.02. The third kappa shape index (κ3) is 2.16. The molecule has 1 aromatic carbocycles. The average molecular weight is 271 g/mol. The van der Waals surface area contributed by atoms with Crippen LogP contribution in [0.4, 0.5) is 0 Å². The summed E-state index contributed by atoms with van der Waals surface area (Å²) in [7, 11) is 0. The molecule has 0 spiro atoms. The monoisotopic (exact) mass is 271 g/mol. The molecule has 3 aromatic rings. The van der Waals surface area contributed by atoms with Crippen LogP contribution in [-0.2, 0) is 6.42 Å². The van der Waals surface area contributed by atoms with Crippen molar-refractivity contribution >= 4 is 16.9 Å². The van der Waals surface area contributed by atoms with E-state index in [4.69, 9.17) is 9.63 Å². The molecule has 100 valence electrons. The predicted octanol–water partition coefficient (Wildman–Crippen LogP) is 1.20. The lowest BCUT2D eigenvalue weighted by molar-refractivity contribution is 0.0697. The Labute approximate surface area is 111 Å². The minimum atomic E-state index is -1.06. The number of nitrogens with one attached hydrogen (secondary N) is 1. The van der Waals surface area contributed by atoms with Crippen LogP contribution in [0.25, 0.3) is 10.9 Å². The Morgan fingerprint density at radius 1 is 1.35 bits per heavy atom. The molecule has 0 unspecified atom stereocenters. The van der Waals surface area contributed by atoms with Gasteiger partial charge < -0.3 is 14.6 Å². The van der Waals surface area contributed by atoms with Crippen molar-refractivity contribution in [2.24, 2.45) is 0 Å². The van der Waals surface area contributed by atoms with Crippen molar-refractivity contribution in [3.8, 4) is 0 Å². The van der Waals surface area contributed by atoms with E-state index in [-0.39, 0.29) is 17.5 Å². The fourth-order valence-corrected chi connectivity index (χ4v) is 1.90. The first-order valence-electron chi connectivity index (χ1n) is 5.79. The number of hydrogen-bond donors (Lipinski definition) is 2. The van der Waals surface area contributed by atoms with E-state index in [9.17, 15) is 9.59 Å². The summed E-state index contributed by atoms with van der Waals surface area (Å²) in [5.41, 5.74) is 0.103. The highest BCUT2D eigenvalue weighted by atomic mass is 16.5. The number of carbonyl (C=O) groups is 1. The van der Waals surface area contributed by atoms with Gasteiger partial charge in [0.2, 0.25) is 0 Å². The summed E-state index contributed by atoms with van der Waals surface area (Å²) in [5, 5.41) is 12.9. The first kappa shape index (κ1) is 12.1. The fourth-order valence-electron chi connectivity index (χ4n) is 1.90. The Balaban J connectivity index is 2.11. The van der Waals surface area contributed by atoms with E-state index in [1.807, 2.05) is 0 Å². The van der Waals surface area contributed by atoms with Gasteiger partial charge in [0.25, 0.3) is 5.56 Å². The van der Waals surface area contributed by atoms with Gasteiger partial charge in [0.15, 0.2) is 0 Å². The van der Waals surface area contributed by atoms with Crippen LogP contribution < -0.4 is 5.56 Å². The van der Waals surface area contributed by atoms with Crippen molar-refractivity contribution in [1.29, 1.82) is 0 Å². The molecular weight excluding hydrogens is 262 g/mol. The second kappa shape index (κ2) is 4.61. The van der Waals surface area contributed by atoms with Gasteiger partial charge in [0, 0.05) is 6.07 Å². The number of H-pyrrole nitrogens is 1. The number of benzene rings is 1. The van der Waals surface area contributed by atoms with Crippen molar-refractivity contribution in [2.45, 2.75) is 6.42 Å². The smallest absolute Gasteiger partial charge is 0.335 e. The molecule has 0 aliphatic heterocycles. The minimum Gasteiger partial charge on any atom is -0.478 e. The second-order valence-corrected chi connectivity index (χ2v) is 4.21. The van der Waals surface area contributed by atoms with Crippen molar-refractivity contribution in [3.05, 3.63) is 58.0 Å². The quantitative estimate of drug-likeness (QED) is 0.740. The third-order valence-corrected chi connectivity index (χ3v) is 2.84. The molecule has 3 rings (SSSR count). The number of rotatable bonds is 3. The number of aromatic amines is 1. The zero-order valence-corrected chi connectivity index (χ0v) is 10.2. The van der Waals surface area contributed by atoms with E-state index < -0.39 is 5.97 Å². The first-order valence-corrected chi connectivity index (χ1v) is 5.79. The van der Waals surface area contributed by atoms with Crippen LogP contribution in [0.2, 0.25) is 0 Å². The van der Waals surface area contributed by atoms with Crippen LogP contribution in [0, 0.1) is 0 Å². The number of aromatic nitrogens is 3. The Morgan fingerprint density at radius 2 is 2.20 bits per heavy atom. The minimum absolute atomic E-state index is 0.0845. The molecule has 7 nitrogen and oxygen atoms in total. The normalized spacial score (nSPS) is 10.8. The van der Waals surface area contributed by atoms with Crippen molar-refractivity contribution in [3.63, 3.8) is 0 Å². The summed E-state index contributed by atoms with van der Waals surface area (Å²) in [4.78, 5) is 29.7. The molecule has 0 amide bonds. The number of carboxylic acid groups (broad SMARTS) is 1. The van der Waals surface area contributed by atoms with E-state index >= 15 is 0 Å². The van der Waals surface area contributed by atoms with E-state index in [1.54, 1.807) is 6.07 Å². The molecule has 2 N–H and O–H groups in total. The largest absolute Gasteiger partial charge is 0.478 e. The Kier molecular flexibility index (Phi) is 2.79. The Bertz CT molecular complexity index is 836. The Morgan fingerprint density at radius 3 is 2.90 bits per heavy atom. The summed E-state index contributed by atoms with van der Waals surface area (Å²) in [5.74, 6) is -0.116. The Hall–Kier alpha value is -2.96. The molecule has 0 aliphatic carbocycles. The molecule has 2 heterocycles. The SMILES string of the molecule is O=C(O)c1ccc2c(=O)[nH]c(Cc3ccno3)nc2c1. The lowest BCUT2D eigenvalue weighted by atomic mass is 10.1. The standard InChI is InChI=1S/C13H9N3O4/c17-12-9-2-1-7(13(18)19)5-10(9)15-11(16-12)6-8-3-4-14-20-8/h1-5H,6H2,(H,18,19)(H,15,16,17). The average Bonchev–Trinajstić information content (AvgIpc) is 2.91. The highest BCUT2D eigenvalue weighted by molar-refractivity contribution is 5.92. The zero-order valence-electron chi connectivity index (χ0n) is 10.2. The summed E-state index contributed by atoms with van der Waals surface area (Å²) >= 11 is 0. The highest BCUT2D eigenvalue weighted by Gasteiger charge is 2.09. The molecule has 0 aliphatic rings. The van der Waals surface area contributed by atoms with Gasteiger partial charge in [-0.15, -0.1) is 0 Å². The van der Waals surface area contributed by atoms with Crippen LogP contribution in [0.15, 0.2) is 39.8 Å². The third-order valence-electron chi connectivity index (χ3n) is 2.84. The van der Waals surface area contributed by atoms with Crippen LogP contribution in [0.3, 0.4) is 0 Å². The number of nitrogens with zero attached hydrogens (tertiary/aromatic N) is 2. The van der Waals surface area contributed by atoms with Crippen molar-refractivity contribution in [2.75, 3.05) is 0 Å². The molecule has 20 heavy (non-hydrogen) atoms. The second-order valence-electron chi connectivity index (χ2n) is 4.21. The van der Waals surface area contributed by atoms with Gasteiger partial charge >= 0.3 is 5.97 Å². The van der Waals surface area contributed by atoms with Gasteiger partial charge in [-0.1, -0.05) is 5.16 Å². The fraction of sp³-hybridized carbons (Fsp3) is 0.0769. The van der Waals surface area contributed by atoms with Gasteiger partial charge in [-0.25, -0.2) is 9.78 Å². The lowest BCUT2D eigenvalue weighted by Crippen LogP contribution is -2.12. The number of hydrogen-bond acceptors (Lipinski definition) is 5. The van der Waals surface area contributed by atoms with E-state index in [0.29, 0.717) is 22.5 Å². The molecule has 2 aromatic heterocycles. The molecule has 0 bridgehead atoms. The molecule has 0 saturated heterocycles. The maximum Gasteiger partial charge on any atom is 0.335 e. The van der Waals surface area contributed by atoms with Crippen LogP contribution in [0.1, 0.15) is 21.9 Å². The highest BCUT2D eigenvalue weighted by Crippen LogP contribution is 2.12. The number of carboxylic acids is 1. The maximum absolute atomic E-state index is 11.9. The molecule has 0 radical (unpaired) electrons. The van der Waals surface area contributed by atoms with Gasteiger partial charge in [-0.05, 0) is 18.2 Å². The first-order chi connectivity index (χ1) is 9.63. The molecule has 0 fully saturated rings. The molecule has 0 atom stereocenters. The van der Waals surface area contributed by atoms with Gasteiger partial charge in [-0.3, -0.25) is 4.79 Å². The van der Waals surface area contributed by atoms with Gasteiger partial charge in [0.05, 0.1) is 29.1 Å². The number of fused-ring (bicyclic) bond motifs is 1. The molecule has 7 heteroatoms. The van der Waals surface area contributed by atoms with E-state index in [0.717, 1.165) is 0 Å². The van der Waals surface area contributed by atoms with E-state index in [1.165, 1.54) is 24.4 Å². The summed E-state index contributed by atoms with van der Waals surface area (Å²) in [6.07, 6.45) is 1.78. The predicted molar refractivity (Wildman–Crippen MR) is 68.6 cm³/mol. The van der Waals surface area contributed by atoms with Crippen molar-refractivity contribution < 1.29 is 14.4 Å². The molecule has 0 saturated carbocycles.